The maximum atomic E-state index is 6.28. The van der Waals surface area contributed by atoms with Crippen LogP contribution in [-0.2, 0) is 6.42 Å². The molecule has 0 aromatic heterocycles. The molecule has 1 atom stereocenters. The Kier molecular flexibility index (Phi) is 4.83. The monoisotopic (exact) mass is 205 g/mol. The van der Waals surface area contributed by atoms with Crippen molar-refractivity contribution in [1.29, 1.82) is 0 Å². The number of hydrogen-bond donors (Lipinski definition) is 1. The van der Waals surface area contributed by atoms with Crippen LogP contribution in [0.4, 0.5) is 0 Å². The van der Waals surface area contributed by atoms with Crippen LogP contribution in [0.2, 0.25) is 0 Å². The lowest BCUT2D eigenvalue weighted by Gasteiger charge is -2.22. The van der Waals surface area contributed by atoms with Crippen molar-refractivity contribution in [1.82, 2.24) is 0 Å². The van der Waals surface area contributed by atoms with Crippen LogP contribution in [-0.4, -0.2) is 0 Å². The normalized spacial score (nSPS) is 13.1. The fourth-order valence-electron chi connectivity index (χ4n) is 2.09. The SMILES string of the molecule is CCc1cccc(C(N)C(CC)CC)c1. The molecule has 0 heterocycles. The second-order valence-corrected chi connectivity index (χ2v) is 4.20. The first kappa shape index (κ1) is 12.3. The fourth-order valence-corrected chi connectivity index (χ4v) is 2.09. The van der Waals surface area contributed by atoms with Gasteiger partial charge in [0.2, 0.25) is 0 Å². The van der Waals surface area contributed by atoms with E-state index in [1.54, 1.807) is 0 Å². The molecular weight excluding hydrogens is 182 g/mol. The van der Waals surface area contributed by atoms with Gasteiger partial charge in [0.1, 0.15) is 0 Å². The topological polar surface area (TPSA) is 26.0 Å². The van der Waals surface area contributed by atoms with E-state index in [0.717, 1.165) is 19.3 Å². The quantitative estimate of drug-likeness (QED) is 0.779. The second kappa shape index (κ2) is 5.92. The maximum Gasteiger partial charge on any atom is 0.0323 e. The third kappa shape index (κ3) is 3.07. The van der Waals surface area contributed by atoms with Crippen molar-refractivity contribution in [2.45, 2.75) is 46.1 Å². The van der Waals surface area contributed by atoms with Gasteiger partial charge in [0.15, 0.2) is 0 Å². The van der Waals surface area contributed by atoms with Gasteiger partial charge in [-0.1, -0.05) is 57.9 Å². The lowest BCUT2D eigenvalue weighted by atomic mass is 9.89. The molecule has 0 aliphatic heterocycles. The van der Waals surface area contributed by atoms with E-state index in [2.05, 4.69) is 45.0 Å². The van der Waals surface area contributed by atoms with Gasteiger partial charge >= 0.3 is 0 Å². The second-order valence-electron chi connectivity index (χ2n) is 4.20. The predicted molar refractivity (Wildman–Crippen MR) is 66.8 cm³/mol. The molecule has 0 saturated carbocycles. The van der Waals surface area contributed by atoms with Crippen molar-refractivity contribution in [3.63, 3.8) is 0 Å². The summed E-state index contributed by atoms with van der Waals surface area (Å²) < 4.78 is 0. The minimum Gasteiger partial charge on any atom is -0.324 e. The minimum absolute atomic E-state index is 0.200. The van der Waals surface area contributed by atoms with Gasteiger partial charge in [-0.3, -0.25) is 0 Å². The van der Waals surface area contributed by atoms with Gasteiger partial charge < -0.3 is 5.73 Å². The van der Waals surface area contributed by atoms with Crippen LogP contribution in [0, 0.1) is 5.92 Å². The van der Waals surface area contributed by atoms with E-state index in [1.807, 2.05) is 0 Å². The number of benzene rings is 1. The summed E-state index contributed by atoms with van der Waals surface area (Å²) >= 11 is 0. The zero-order chi connectivity index (χ0) is 11.3. The van der Waals surface area contributed by atoms with Gasteiger partial charge in [0, 0.05) is 6.04 Å². The molecule has 1 rings (SSSR count). The summed E-state index contributed by atoms with van der Waals surface area (Å²) in [5.41, 5.74) is 8.96. The lowest BCUT2D eigenvalue weighted by molar-refractivity contribution is 0.405. The molecule has 1 aromatic rings. The minimum atomic E-state index is 0.200. The number of rotatable bonds is 5. The molecule has 1 heteroatoms. The van der Waals surface area contributed by atoms with Gasteiger partial charge in [-0.15, -0.1) is 0 Å². The summed E-state index contributed by atoms with van der Waals surface area (Å²) in [6.07, 6.45) is 3.41. The maximum absolute atomic E-state index is 6.28. The largest absolute Gasteiger partial charge is 0.324 e. The molecule has 1 nitrogen and oxygen atoms in total. The van der Waals surface area contributed by atoms with Gasteiger partial charge in [0.05, 0.1) is 0 Å². The highest BCUT2D eigenvalue weighted by Gasteiger charge is 2.15. The van der Waals surface area contributed by atoms with Crippen molar-refractivity contribution >= 4 is 0 Å². The molecule has 1 unspecified atom stereocenters. The average Bonchev–Trinajstić information content (AvgIpc) is 2.30. The Bertz CT molecular complexity index is 289. The van der Waals surface area contributed by atoms with E-state index in [1.165, 1.54) is 11.1 Å². The molecule has 0 saturated heterocycles. The zero-order valence-electron chi connectivity index (χ0n) is 10.2. The Labute approximate surface area is 93.7 Å². The molecule has 84 valence electrons. The van der Waals surface area contributed by atoms with Crippen molar-refractivity contribution in [3.05, 3.63) is 35.4 Å². The molecule has 0 aliphatic rings. The Hall–Kier alpha value is -0.820. The molecule has 0 spiro atoms. The zero-order valence-corrected chi connectivity index (χ0v) is 10.2. The summed E-state index contributed by atoms with van der Waals surface area (Å²) in [7, 11) is 0. The number of hydrogen-bond acceptors (Lipinski definition) is 1. The van der Waals surface area contributed by atoms with Crippen LogP contribution < -0.4 is 5.73 Å². The molecule has 0 bridgehead atoms. The van der Waals surface area contributed by atoms with Crippen molar-refractivity contribution < 1.29 is 0 Å². The standard InChI is InChI=1S/C14H23N/c1-4-11-8-7-9-13(10-11)14(15)12(5-2)6-3/h7-10,12,14H,4-6,15H2,1-3H3. The molecule has 0 aliphatic carbocycles. The van der Waals surface area contributed by atoms with Gasteiger partial charge in [-0.25, -0.2) is 0 Å². The molecule has 15 heavy (non-hydrogen) atoms. The Morgan fingerprint density at radius 3 is 2.33 bits per heavy atom. The van der Waals surface area contributed by atoms with E-state index in [-0.39, 0.29) is 6.04 Å². The summed E-state index contributed by atoms with van der Waals surface area (Å²) in [6, 6.07) is 8.90. The van der Waals surface area contributed by atoms with Crippen LogP contribution in [0.15, 0.2) is 24.3 Å². The highest BCUT2D eigenvalue weighted by Crippen LogP contribution is 2.25. The predicted octanol–water partition coefficient (Wildman–Crippen LogP) is 3.69. The van der Waals surface area contributed by atoms with Crippen LogP contribution in [0.1, 0.15) is 50.8 Å². The molecule has 1 aromatic carbocycles. The van der Waals surface area contributed by atoms with Crippen LogP contribution in [0.5, 0.6) is 0 Å². The summed E-state index contributed by atoms with van der Waals surface area (Å²) in [4.78, 5) is 0. The Balaban J connectivity index is 2.84. The molecule has 0 radical (unpaired) electrons. The first-order chi connectivity index (χ1) is 7.22. The average molecular weight is 205 g/mol. The molecule has 0 amide bonds. The molecule has 0 fully saturated rings. The van der Waals surface area contributed by atoms with E-state index in [9.17, 15) is 0 Å². The first-order valence-corrected chi connectivity index (χ1v) is 6.07. The van der Waals surface area contributed by atoms with Crippen LogP contribution in [0.25, 0.3) is 0 Å². The van der Waals surface area contributed by atoms with Crippen molar-refractivity contribution in [3.8, 4) is 0 Å². The number of nitrogens with two attached hydrogens (primary N) is 1. The lowest BCUT2D eigenvalue weighted by Crippen LogP contribution is -2.20. The van der Waals surface area contributed by atoms with Crippen molar-refractivity contribution in [2.24, 2.45) is 11.7 Å². The third-order valence-electron chi connectivity index (χ3n) is 3.30. The highest BCUT2D eigenvalue weighted by molar-refractivity contribution is 5.26. The van der Waals surface area contributed by atoms with Crippen LogP contribution in [0.3, 0.4) is 0 Å². The summed E-state index contributed by atoms with van der Waals surface area (Å²) in [5, 5.41) is 0. The van der Waals surface area contributed by atoms with Gasteiger partial charge in [0.25, 0.3) is 0 Å². The van der Waals surface area contributed by atoms with Crippen molar-refractivity contribution in [2.75, 3.05) is 0 Å². The smallest absolute Gasteiger partial charge is 0.0323 e. The van der Waals surface area contributed by atoms with E-state index >= 15 is 0 Å². The van der Waals surface area contributed by atoms with Crippen LogP contribution >= 0.6 is 0 Å². The van der Waals surface area contributed by atoms with E-state index < -0.39 is 0 Å². The van der Waals surface area contributed by atoms with E-state index in [0.29, 0.717) is 5.92 Å². The summed E-state index contributed by atoms with van der Waals surface area (Å²) in [6.45, 7) is 6.62. The molecular formula is C14H23N. The highest BCUT2D eigenvalue weighted by atomic mass is 14.6. The number of aryl methyl sites for hydroxylation is 1. The Morgan fingerprint density at radius 2 is 1.80 bits per heavy atom. The van der Waals surface area contributed by atoms with E-state index in [4.69, 9.17) is 5.73 Å². The first-order valence-electron chi connectivity index (χ1n) is 6.07. The fraction of sp³-hybridized carbons (Fsp3) is 0.571. The molecule has 2 N–H and O–H groups in total. The Morgan fingerprint density at radius 1 is 1.13 bits per heavy atom. The summed E-state index contributed by atoms with van der Waals surface area (Å²) in [5.74, 6) is 0.608. The third-order valence-corrected chi connectivity index (χ3v) is 3.30. The van der Waals surface area contributed by atoms with Gasteiger partial charge in [-0.05, 0) is 23.5 Å². The van der Waals surface area contributed by atoms with Gasteiger partial charge in [-0.2, -0.15) is 0 Å².